The van der Waals surface area contributed by atoms with Crippen LogP contribution in [0.1, 0.15) is 30.0 Å². The van der Waals surface area contributed by atoms with Crippen LogP contribution >= 0.6 is 0 Å². The van der Waals surface area contributed by atoms with Gasteiger partial charge < -0.3 is 9.64 Å². The summed E-state index contributed by atoms with van der Waals surface area (Å²) in [6, 6.07) is 4.37. The van der Waals surface area contributed by atoms with Crippen LogP contribution in [0.5, 0.6) is 0 Å². The standard InChI is InChI=1S/C22H31N5O2/c1-16-10-24-27(11-16)20-8-18-13-26(12-17-4-6-23-7-5-17)14-19(18)9-21(20)29-15-22(28)25(2)3/h4-7,10-11,18-21H,8-9,12-15H2,1-3H3/t18-,19+,20-,21-/m0/s1. The first-order valence-electron chi connectivity index (χ1n) is 10.4. The first kappa shape index (κ1) is 20.0. The highest BCUT2D eigenvalue weighted by Crippen LogP contribution is 2.42. The van der Waals surface area contributed by atoms with E-state index in [1.165, 1.54) is 5.56 Å². The van der Waals surface area contributed by atoms with Crippen LogP contribution in [-0.2, 0) is 16.1 Å². The fourth-order valence-electron chi connectivity index (χ4n) is 4.74. The number of hydrogen-bond donors (Lipinski definition) is 0. The molecule has 29 heavy (non-hydrogen) atoms. The van der Waals surface area contributed by atoms with Crippen molar-refractivity contribution in [2.45, 2.75) is 38.5 Å². The lowest BCUT2D eigenvalue weighted by Gasteiger charge is -2.38. The zero-order valence-corrected chi connectivity index (χ0v) is 17.6. The molecule has 0 aromatic carbocycles. The molecule has 0 radical (unpaired) electrons. The maximum atomic E-state index is 12.1. The van der Waals surface area contributed by atoms with Gasteiger partial charge in [0.1, 0.15) is 6.61 Å². The number of likely N-dealkylation sites (tertiary alicyclic amines) is 1. The van der Waals surface area contributed by atoms with Crippen LogP contribution in [-0.4, -0.2) is 70.4 Å². The highest BCUT2D eigenvalue weighted by Gasteiger charge is 2.43. The number of likely N-dealkylation sites (N-methyl/N-ethyl adjacent to an activating group) is 1. The van der Waals surface area contributed by atoms with Crippen LogP contribution in [0.15, 0.2) is 36.9 Å². The molecule has 0 bridgehead atoms. The summed E-state index contributed by atoms with van der Waals surface area (Å²) in [6.07, 6.45) is 9.75. The number of pyridine rings is 1. The van der Waals surface area contributed by atoms with Crippen molar-refractivity contribution in [2.75, 3.05) is 33.8 Å². The summed E-state index contributed by atoms with van der Waals surface area (Å²) in [5.41, 5.74) is 2.46. The number of ether oxygens (including phenoxy) is 1. The number of nitrogens with zero attached hydrogens (tertiary/aromatic N) is 5. The van der Waals surface area contributed by atoms with Gasteiger partial charge in [-0.15, -0.1) is 0 Å². The van der Waals surface area contributed by atoms with Crippen molar-refractivity contribution >= 4 is 5.91 Å². The minimum absolute atomic E-state index is 0.00764. The number of carbonyl (C=O) groups is 1. The van der Waals surface area contributed by atoms with Gasteiger partial charge in [0.25, 0.3) is 0 Å². The number of aromatic nitrogens is 3. The summed E-state index contributed by atoms with van der Waals surface area (Å²) in [5, 5.41) is 4.57. The molecule has 1 aliphatic heterocycles. The second kappa shape index (κ2) is 8.63. The first-order chi connectivity index (χ1) is 14.0. The topological polar surface area (TPSA) is 63.5 Å². The van der Waals surface area contributed by atoms with Gasteiger partial charge in [-0.2, -0.15) is 5.10 Å². The van der Waals surface area contributed by atoms with E-state index in [-0.39, 0.29) is 24.7 Å². The van der Waals surface area contributed by atoms with Crippen LogP contribution in [0.4, 0.5) is 0 Å². The Bertz CT molecular complexity index is 822. The lowest BCUT2D eigenvalue weighted by Crippen LogP contribution is -2.40. The van der Waals surface area contributed by atoms with Crippen molar-refractivity contribution in [3.05, 3.63) is 48.0 Å². The van der Waals surface area contributed by atoms with Gasteiger partial charge in [0.2, 0.25) is 5.91 Å². The van der Waals surface area contributed by atoms with Crippen molar-refractivity contribution in [2.24, 2.45) is 11.8 Å². The van der Waals surface area contributed by atoms with Crippen molar-refractivity contribution in [1.82, 2.24) is 24.6 Å². The third-order valence-corrected chi connectivity index (χ3v) is 6.31. The van der Waals surface area contributed by atoms with E-state index in [1.807, 2.05) is 18.6 Å². The third kappa shape index (κ3) is 4.67. The van der Waals surface area contributed by atoms with Crippen LogP contribution in [0.2, 0.25) is 0 Å². The summed E-state index contributed by atoms with van der Waals surface area (Å²) in [5.74, 6) is 1.24. The van der Waals surface area contributed by atoms with E-state index in [2.05, 4.69) is 44.9 Å². The molecule has 3 heterocycles. The molecule has 2 fully saturated rings. The molecule has 156 valence electrons. The van der Waals surface area contributed by atoms with E-state index in [0.29, 0.717) is 11.8 Å². The second-order valence-electron chi connectivity index (χ2n) is 8.74. The van der Waals surface area contributed by atoms with E-state index in [0.717, 1.165) is 38.0 Å². The molecule has 1 amide bonds. The molecule has 0 unspecified atom stereocenters. The molecule has 2 aromatic heterocycles. The molecule has 0 spiro atoms. The Kier molecular flexibility index (Phi) is 5.96. The number of fused-ring (bicyclic) bond motifs is 1. The largest absolute Gasteiger partial charge is 0.366 e. The quantitative estimate of drug-likeness (QED) is 0.747. The van der Waals surface area contributed by atoms with Crippen molar-refractivity contribution in [3.8, 4) is 0 Å². The number of aryl methyl sites for hydroxylation is 1. The fourth-order valence-corrected chi connectivity index (χ4v) is 4.74. The van der Waals surface area contributed by atoms with Crippen LogP contribution in [0.25, 0.3) is 0 Å². The normalized spacial score (nSPS) is 27.0. The molecule has 2 aliphatic rings. The predicted octanol–water partition coefficient (Wildman–Crippen LogP) is 2.14. The summed E-state index contributed by atoms with van der Waals surface area (Å²) >= 11 is 0. The van der Waals surface area contributed by atoms with Crippen LogP contribution in [0.3, 0.4) is 0 Å². The van der Waals surface area contributed by atoms with Crippen molar-refractivity contribution in [1.29, 1.82) is 0 Å². The van der Waals surface area contributed by atoms with Gasteiger partial charge in [0.15, 0.2) is 0 Å². The minimum atomic E-state index is 0.00764. The molecule has 4 atom stereocenters. The Morgan fingerprint density at radius 2 is 1.93 bits per heavy atom. The number of rotatable bonds is 6. The van der Waals surface area contributed by atoms with Gasteiger partial charge in [0, 0.05) is 52.3 Å². The molecule has 1 saturated heterocycles. The summed E-state index contributed by atoms with van der Waals surface area (Å²) in [7, 11) is 3.54. The molecule has 1 aliphatic carbocycles. The smallest absolute Gasteiger partial charge is 0.248 e. The van der Waals surface area contributed by atoms with Crippen LogP contribution in [0, 0.1) is 18.8 Å². The average molecular weight is 398 g/mol. The fraction of sp³-hybridized carbons (Fsp3) is 0.591. The summed E-state index contributed by atoms with van der Waals surface area (Å²) in [4.78, 5) is 20.3. The lowest BCUT2D eigenvalue weighted by molar-refractivity contribution is -0.138. The zero-order valence-electron chi connectivity index (χ0n) is 17.6. The summed E-state index contributed by atoms with van der Waals surface area (Å²) in [6.45, 7) is 5.34. The Hall–Kier alpha value is -2.25. The van der Waals surface area contributed by atoms with E-state index in [9.17, 15) is 4.79 Å². The Labute approximate surface area is 172 Å². The SMILES string of the molecule is Cc1cnn([C@H]2C[C@H]3CN(Cc4ccncc4)C[C@H]3C[C@@H]2OCC(=O)N(C)C)c1. The average Bonchev–Trinajstić information content (AvgIpc) is 3.31. The van der Waals surface area contributed by atoms with E-state index >= 15 is 0 Å². The number of amides is 1. The van der Waals surface area contributed by atoms with Gasteiger partial charge in [-0.3, -0.25) is 19.4 Å². The van der Waals surface area contributed by atoms with Gasteiger partial charge in [-0.05, 0) is 54.9 Å². The highest BCUT2D eigenvalue weighted by molar-refractivity contribution is 5.76. The van der Waals surface area contributed by atoms with Gasteiger partial charge in [-0.25, -0.2) is 0 Å². The maximum absolute atomic E-state index is 12.1. The molecule has 7 nitrogen and oxygen atoms in total. The maximum Gasteiger partial charge on any atom is 0.248 e. The molecular weight excluding hydrogens is 366 g/mol. The zero-order chi connectivity index (χ0) is 20.4. The molecule has 4 rings (SSSR count). The predicted molar refractivity (Wildman–Crippen MR) is 110 cm³/mol. The minimum Gasteiger partial charge on any atom is -0.366 e. The Morgan fingerprint density at radius 1 is 1.21 bits per heavy atom. The monoisotopic (exact) mass is 397 g/mol. The van der Waals surface area contributed by atoms with Gasteiger partial charge in [0.05, 0.1) is 18.3 Å². The second-order valence-corrected chi connectivity index (χ2v) is 8.74. The highest BCUT2D eigenvalue weighted by atomic mass is 16.5. The van der Waals surface area contributed by atoms with Crippen LogP contribution < -0.4 is 0 Å². The van der Waals surface area contributed by atoms with Gasteiger partial charge >= 0.3 is 0 Å². The first-order valence-corrected chi connectivity index (χ1v) is 10.4. The molecule has 1 saturated carbocycles. The molecule has 7 heteroatoms. The van der Waals surface area contributed by atoms with Crippen molar-refractivity contribution < 1.29 is 9.53 Å². The molecule has 2 aromatic rings. The number of hydrogen-bond acceptors (Lipinski definition) is 5. The van der Waals surface area contributed by atoms with E-state index in [1.54, 1.807) is 19.0 Å². The van der Waals surface area contributed by atoms with E-state index < -0.39 is 0 Å². The Balaban J connectivity index is 1.45. The molecule has 0 N–H and O–H groups in total. The van der Waals surface area contributed by atoms with Gasteiger partial charge in [-0.1, -0.05) is 0 Å². The lowest BCUT2D eigenvalue weighted by atomic mass is 9.77. The van der Waals surface area contributed by atoms with Crippen molar-refractivity contribution in [3.63, 3.8) is 0 Å². The summed E-state index contributed by atoms with van der Waals surface area (Å²) < 4.78 is 8.22. The Morgan fingerprint density at radius 3 is 2.59 bits per heavy atom. The molecular formula is C22H31N5O2. The van der Waals surface area contributed by atoms with E-state index in [4.69, 9.17) is 4.74 Å². The number of carbonyl (C=O) groups excluding carboxylic acids is 1. The third-order valence-electron chi connectivity index (χ3n) is 6.31.